The summed E-state index contributed by atoms with van der Waals surface area (Å²) in [4.78, 5) is 0. The van der Waals surface area contributed by atoms with Crippen LogP contribution in [0.3, 0.4) is 0 Å². The first-order chi connectivity index (χ1) is 6.72. The molecule has 0 fully saturated rings. The minimum atomic E-state index is 0.422. The number of nitrogens with one attached hydrogen (secondary N) is 1. The summed E-state index contributed by atoms with van der Waals surface area (Å²) in [6, 6.07) is 10.1. The van der Waals surface area contributed by atoms with Crippen LogP contribution >= 0.6 is 0 Å². The molecule has 0 spiro atoms. The van der Waals surface area contributed by atoms with Gasteiger partial charge in [0, 0.05) is 12.1 Å². The highest BCUT2D eigenvalue weighted by Crippen LogP contribution is 2.06. The lowest BCUT2D eigenvalue weighted by Gasteiger charge is -2.09. The van der Waals surface area contributed by atoms with Gasteiger partial charge >= 0.3 is 0 Å². The van der Waals surface area contributed by atoms with Crippen molar-refractivity contribution in [2.75, 3.05) is 6.54 Å². The molecule has 0 heterocycles. The zero-order valence-electron chi connectivity index (χ0n) is 8.66. The third kappa shape index (κ3) is 3.71. The van der Waals surface area contributed by atoms with E-state index >= 15 is 0 Å². The van der Waals surface area contributed by atoms with Crippen molar-refractivity contribution in [2.45, 2.75) is 19.8 Å². The Balaban J connectivity index is 2.42. The molecule has 2 nitrogen and oxygen atoms in total. The molecule has 1 aromatic carbocycles. The molecule has 1 aromatic rings. The van der Waals surface area contributed by atoms with Gasteiger partial charge in [-0.2, -0.15) is 0 Å². The monoisotopic (exact) mass is 190 g/mol. The second kappa shape index (κ2) is 5.55. The standard InChI is InChI=1S/C12H18N2/c1-10(9-13)7-12(14)8-11-5-3-2-4-6-11/h2-6,10,14H,7-9,13H2,1H3. The molecule has 0 saturated carbocycles. The molecule has 1 rings (SSSR count). The topological polar surface area (TPSA) is 49.9 Å². The maximum absolute atomic E-state index is 7.80. The second-order valence-electron chi connectivity index (χ2n) is 3.81. The summed E-state index contributed by atoms with van der Waals surface area (Å²) in [6.45, 7) is 2.75. The van der Waals surface area contributed by atoms with E-state index < -0.39 is 0 Å². The van der Waals surface area contributed by atoms with E-state index in [4.69, 9.17) is 11.1 Å². The fraction of sp³-hybridized carbons (Fsp3) is 0.417. The van der Waals surface area contributed by atoms with Crippen LogP contribution in [0.1, 0.15) is 18.9 Å². The predicted molar refractivity (Wildman–Crippen MR) is 60.7 cm³/mol. The van der Waals surface area contributed by atoms with Crippen LogP contribution in [-0.2, 0) is 6.42 Å². The Hall–Kier alpha value is -1.15. The van der Waals surface area contributed by atoms with Gasteiger partial charge in [0.2, 0.25) is 0 Å². The highest BCUT2D eigenvalue weighted by Gasteiger charge is 2.04. The minimum absolute atomic E-state index is 0.422. The molecule has 0 aliphatic carbocycles. The third-order valence-electron chi connectivity index (χ3n) is 2.26. The van der Waals surface area contributed by atoms with Crippen molar-refractivity contribution in [1.82, 2.24) is 0 Å². The third-order valence-corrected chi connectivity index (χ3v) is 2.26. The molecule has 0 amide bonds. The van der Waals surface area contributed by atoms with Gasteiger partial charge in [0.25, 0.3) is 0 Å². The Bertz CT molecular complexity index is 280. The lowest BCUT2D eigenvalue weighted by molar-refractivity contribution is 0.617. The number of nitrogens with two attached hydrogens (primary N) is 1. The molecule has 3 N–H and O–H groups in total. The highest BCUT2D eigenvalue weighted by atomic mass is 14.5. The van der Waals surface area contributed by atoms with Crippen molar-refractivity contribution < 1.29 is 0 Å². The van der Waals surface area contributed by atoms with Gasteiger partial charge in [-0.3, -0.25) is 0 Å². The quantitative estimate of drug-likeness (QED) is 0.687. The Labute approximate surface area is 85.6 Å². The zero-order valence-corrected chi connectivity index (χ0v) is 8.66. The van der Waals surface area contributed by atoms with E-state index in [1.54, 1.807) is 0 Å². The van der Waals surface area contributed by atoms with E-state index in [0.717, 1.165) is 18.6 Å². The molecule has 0 bridgehead atoms. The van der Waals surface area contributed by atoms with Gasteiger partial charge in [-0.15, -0.1) is 0 Å². The van der Waals surface area contributed by atoms with Gasteiger partial charge in [-0.25, -0.2) is 0 Å². The molecule has 76 valence electrons. The van der Waals surface area contributed by atoms with Gasteiger partial charge in [-0.1, -0.05) is 37.3 Å². The summed E-state index contributed by atoms with van der Waals surface area (Å²) in [6.07, 6.45) is 1.57. The van der Waals surface area contributed by atoms with E-state index in [9.17, 15) is 0 Å². The Kier molecular flexibility index (Phi) is 4.33. The second-order valence-corrected chi connectivity index (χ2v) is 3.81. The SMILES string of the molecule is CC(CN)CC(=N)Cc1ccccc1. The fourth-order valence-electron chi connectivity index (χ4n) is 1.42. The minimum Gasteiger partial charge on any atom is -0.330 e. The van der Waals surface area contributed by atoms with Gasteiger partial charge in [-0.05, 0) is 24.4 Å². The van der Waals surface area contributed by atoms with Crippen molar-refractivity contribution in [1.29, 1.82) is 5.41 Å². The molecule has 0 aliphatic heterocycles. The van der Waals surface area contributed by atoms with Crippen LogP contribution in [0.2, 0.25) is 0 Å². The Morgan fingerprint density at radius 3 is 2.57 bits per heavy atom. The number of benzene rings is 1. The van der Waals surface area contributed by atoms with E-state index in [1.165, 1.54) is 5.56 Å². The first kappa shape index (κ1) is 10.9. The highest BCUT2D eigenvalue weighted by molar-refractivity contribution is 5.83. The molecule has 14 heavy (non-hydrogen) atoms. The average Bonchev–Trinajstić information content (AvgIpc) is 2.19. The van der Waals surface area contributed by atoms with Crippen LogP contribution in [0, 0.1) is 11.3 Å². The van der Waals surface area contributed by atoms with Crippen molar-refractivity contribution in [3.8, 4) is 0 Å². The number of rotatable bonds is 5. The van der Waals surface area contributed by atoms with Crippen LogP contribution < -0.4 is 5.73 Å². The summed E-state index contributed by atoms with van der Waals surface area (Å²) < 4.78 is 0. The van der Waals surface area contributed by atoms with Crippen molar-refractivity contribution in [3.63, 3.8) is 0 Å². The average molecular weight is 190 g/mol. The molecule has 2 heteroatoms. The van der Waals surface area contributed by atoms with Gasteiger partial charge in [0.1, 0.15) is 0 Å². The summed E-state index contributed by atoms with van der Waals surface area (Å²) in [5, 5.41) is 7.80. The molecule has 1 atom stereocenters. The lowest BCUT2D eigenvalue weighted by Crippen LogP contribution is -2.15. The Morgan fingerprint density at radius 1 is 1.36 bits per heavy atom. The largest absolute Gasteiger partial charge is 0.330 e. The molecule has 0 saturated heterocycles. The normalized spacial score (nSPS) is 12.4. The zero-order chi connectivity index (χ0) is 10.4. The molecule has 0 aliphatic rings. The smallest absolute Gasteiger partial charge is 0.0136 e. The van der Waals surface area contributed by atoms with Crippen molar-refractivity contribution >= 4 is 5.71 Å². The fourth-order valence-corrected chi connectivity index (χ4v) is 1.42. The Morgan fingerprint density at radius 2 is 2.00 bits per heavy atom. The van der Waals surface area contributed by atoms with Crippen LogP contribution in [-0.4, -0.2) is 12.3 Å². The van der Waals surface area contributed by atoms with Crippen LogP contribution in [0.15, 0.2) is 30.3 Å². The summed E-state index contributed by atoms with van der Waals surface area (Å²) in [5.41, 5.74) is 7.50. The molecule has 0 radical (unpaired) electrons. The molecular formula is C12H18N2. The van der Waals surface area contributed by atoms with E-state index in [0.29, 0.717) is 12.5 Å². The number of hydrogen-bond acceptors (Lipinski definition) is 2. The van der Waals surface area contributed by atoms with E-state index in [1.807, 2.05) is 18.2 Å². The molecule has 1 unspecified atom stereocenters. The summed E-state index contributed by atoms with van der Waals surface area (Å²) in [7, 11) is 0. The summed E-state index contributed by atoms with van der Waals surface area (Å²) >= 11 is 0. The van der Waals surface area contributed by atoms with Crippen molar-refractivity contribution in [3.05, 3.63) is 35.9 Å². The maximum Gasteiger partial charge on any atom is 0.0136 e. The summed E-state index contributed by atoms with van der Waals surface area (Å²) in [5.74, 6) is 0.422. The van der Waals surface area contributed by atoms with Gasteiger partial charge in [0.15, 0.2) is 0 Å². The van der Waals surface area contributed by atoms with Crippen LogP contribution in [0.4, 0.5) is 0 Å². The lowest BCUT2D eigenvalue weighted by atomic mass is 9.99. The van der Waals surface area contributed by atoms with E-state index in [-0.39, 0.29) is 0 Å². The van der Waals surface area contributed by atoms with Gasteiger partial charge < -0.3 is 11.1 Å². The first-order valence-electron chi connectivity index (χ1n) is 5.02. The number of hydrogen-bond donors (Lipinski definition) is 2. The predicted octanol–water partition coefficient (Wildman–Crippen LogP) is 2.23. The van der Waals surface area contributed by atoms with Crippen LogP contribution in [0.25, 0.3) is 0 Å². The first-order valence-corrected chi connectivity index (χ1v) is 5.02. The van der Waals surface area contributed by atoms with Crippen molar-refractivity contribution in [2.24, 2.45) is 11.7 Å². The van der Waals surface area contributed by atoms with Gasteiger partial charge in [0.05, 0.1) is 0 Å². The molecular weight excluding hydrogens is 172 g/mol. The molecule has 0 aromatic heterocycles. The maximum atomic E-state index is 7.80. The van der Waals surface area contributed by atoms with E-state index in [2.05, 4.69) is 19.1 Å². The van der Waals surface area contributed by atoms with Crippen LogP contribution in [0.5, 0.6) is 0 Å².